The van der Waals surface area contributed by atoms with Crippen LogP contribution in [0.2, 0.25) is 0 Å². The molecule has 0 aliphatic carbocycles. The second kappa shape index (κ2) is 5.19. The Morgan fingerprint density at radius 2 is 2.23 bits per heavy atom. The molecule has 0 aromatic carbocycles. The molecular weight excluding hydrogens is 230 g/mol. The van der Waals surface area contributed by atoms with Gasteiger partial charge in [0.2, 0.25) is 0 Å². The van der Waals surface area contributed by atoms with E-state index in [0.29, 0.717) is 0 Å². The van der Waals surface area contributed by atoms with Crippen molar-refractivity contribution < 1.29 is 0 Å². The number of nitrogens with one attached hydrogen (secondary N) is 2. The summed E-state index contributed by atoms with van der Waals surface area (Å²) in [4.78, 5) is 4.26. The highest BCUT2D eigenvalue weighted by Crippen LogP contribution is 2.19. The minimum absolute atomic E-state index is 0.880. The molecular formula is C9H14BrN3. The summed E-state index contributed by atoms with van der Waals surface area (Å²) in [6.07, 6.45) is 1.85. The lowest BCUT2D eigenvalue weighted by molar-refractivity contribution is 0.821. The van der Waals surface area contributed by atoms with E-state index in [-0.39, 0.29) is 0 Å². The molecule has 0 radical (unpaired) electrons. The smallest absolute Gasteiger partial charge is 0.140 e. The van der Waals surface area contributed by atoms with Gasteiger partial charge in [0.1, 0.15) is 5.82 Å². The molecule has 0 unspecified atom stereocenters. The number of rotatable bonds is 4. The first-order chi connectivity index (χ1) is 6.24. The van der Waals surface area contributed by atoms with Gasteiger partial charge in [-0.2, -0.15) is 0 Å². The first-order valence-electron chi connectivity index (χ1n) is 4.24. The van der Waals surface area contributed by atoms with Crippen LogP contribution in [0.25, 0.3) is 0 Å². The number of halogens is 1. The zero-order valence-electron chi connectivity index (χ0n) is 7.89. The van der Waals surface area contributed by atoms with Gasteiger partial charge in [-0.25, -0.2) is 4.98 Å². The number of hydrogen-bond acceptors (Lipinski definition) is 3. The van der Waals surface area contributed by atoms with E-state index in [2.05, 4.69) is 37.6 Å². The van der Waals surface area contributed by atoms with E-state index in [1.54, 1.807) is 0 Å². The molecule has 13 heavy (non-hydrogen) atoms. The fourth-order valence-corrected chi connectivity index (χ4v) is 1.57. The van der Waals surface area contributed by atoms with Gasteiger partial charge in [0.05, 0.1) is 4.47 Å². The molecule has 0 atom stereocenters. The van der Waals surface area contributed by atoms with Crippen molar-refractivity contribution in [2.75, 3.05) is 25.5 Å². The predicted molar refractivity (Wildman–Crippen MR) is 59.1 cm³/mol. The fourth-order valence-electron chi connectivity index (χ4n) is 0.970. The summed E-state index contributed by atoms with van der Waals surface area (Å²) >= 11 is 3.45. The molecule has 1 heterocycles. The zero-order chi connectivity index (χ0) is 9.68. The summed E-state index contributed by atoms with van der Waals surface area (Å²) in [5.74, 6) is 0.904. The van der Waals surface area contributed by atoms with Gasteiger partial charge in [-0.1, -0.05) is 0 Å². The quantitative estimate of drug-likeness (QED) is 0.793. The molecule has 2 N–H and O–H groups in total. The average molecular weight is 244 g/mol. The lowest BCUT2D eigenvalue weighted by atomic mass is 10.3. The highest BCUT2D eigenvalue weighted by Gasteiger charge is 1.99. The Balaban J connectivity index is 2.56. The van der Waals surface area contributed by atoms with Crippen LogP contribution in [-0.2, 0) is 0 Å². The molecule has 0 bridgehead atoms. The van der Waals surface area contributed by atoms with E-state index in [1.807, 2.05) is 20.2 Å². The summed E-state index contributed by atoms with van der Waals surface area (Å²) in [5, 5.41) is 6.28. The first-order valence-corrected chi connectivity index (χ1v) is 5.04. The molecule has 0 saturated heterocycles. The maximum atomic E-state index is 4.26. The van der Waals surface area contributed by atoms with Crippen molar-refractivity contribution in [2.24, 2.45) is 0 Å². The van der Waals surface area contributed by atoms with E-state index in [1.165, 1.54) is 0 Å². The molecule has 0 aliphatic heterocycles. The van der Waals surface area contributed by atoms with Crippen LogP contribution in [0.3, 0.4) is 0 Å². The van der Waals surface area contributed by atoms with Crippen LogP contribution in [0.4, 0.5) is 5.82 Å². The number of anilines is 1. The third-order valence-corrected chi connectivity index (χ3v) is 2.25. The molecule has 0 fully saturated rings. The summed E-state index contributed by atoms with van der Waals surface area (Å²) in [5.41, 5.74) is 1.16. The van der Waals surface area contributed by atoms with E-state index >= 15 is 0 Å². The molecule has 72 valence electrons. The standard InChI is InChI=1S/C9H14BrN3/c1-7-5-8(10)9(13-6-7)12-4-3-11-2/h5-6,11H,3-4H2,1-2H3,(H,12,13). The molecule has 3 nitrogen and oxygen atoms in total. The zero-order valence-corrected chi connectivity index (χ0v) is 9.48. The molecule has 0 spiro atoms. The Labute approximate surface area is 87.1 Å². The van der Waals surface area contributed by atoms with Crippen molar-refractivity contribution in [3.05, 3.63) is 22.3 Å². The number of nitrogens with zero attached hydrogens (tertiary/aromatic N) is 1. The SMILES string of the molecule is CNCCNc1ncc(C)cc1Br. The Morgan fingerprint density at radius 1 is 1.46 bits per heavy atom. The molecule has 0 saturated carbocycles. The van der Waals surface area contributed by atoms with Crippen LogP contribution in [0, 0.1) is 6.92 Å². The van der Waals surface area contributed by atoms with Gasteiger partial charge < -0.3 is 10.6 Å². The number of aryl methyl sites for hydroxylation is 1. The van der Waals surface area contributed by atoms with E-state index in [0.717, 1.165) is 28.9 Å². The first kappa shape index (κ1) is 10.5. The summed E-state index contributed by atoms with van der Waals surface area (Å²) < 4.78 is 1.02. The van der Waals surface area contributed by atoms with Crippen LogP contribution in [0.5, 0.6) is 0 Å². The Bertz CT molecular complexity index is 276. The Morgan fingerprint density at radius 3 is 2.85 bits per heavy atom. The predicted octanol–water partition coefficient (Wildman–Crippen LogP) is 1.78. The molecule has 1 aromatic rings. The van der Waals surface area contributed by atoms with Gasteiger partial charge >= 0.3 is 0 Å². The third kappa shape index (κ3) is 3.32. The monoisotopic (exact) mass is 243 g/mol. The maximum absolute atomic E-state index is 4.26. The highest BCUT2D eigenvalue weighted by molar-refractivity contribution is 9.10. The molecule has 1 rings (SSSR count). The maximum Gasteiger partial charge on any atom is 0.140 e. The summed E-state index contributed by atoms with van der Waals surface area (Å²) in [6, 6.07) is 2.05. The molecule has 4 heteroatoms. The van der Waals surface area contributed by atoms with E-state index in [9.17, 15) is 0 Å². The lowest BCUT2D eigenvalue weighted by Gasteiger charge is -2.07. The van der Waals surface area contributed by atoms with Gasteiger partial charge in [-0.05, 0) is 41.5 Å². The fraction of sp³-hybridized carbons (Fsp3) is 0.444. The number of hydrogen-bond donors (Lipinski definition) is 2. The van der Waals surface area contributed by atoms with Crippen LogP contribution >= 0.6 is 15.9 Å². The number of pyridine rings is 1. The number of aromatic nitrogens is 1. The highest BCUT2D eigenvalue weighted by atomic mass is 79.9. The van der Waals surface area contributed by atoms with Crippen LogP contribution < -0.4 is 10.6 Å². The summed E-state index contributed by atoms with van der Waals surface area (Å²) in [7, 11) is 1.93. The Kier molecular flexibility index (Phi) is 4.18. The third-order valence-electron chi connectivity index (χ3n) is 1.65. The van der Waals surface area contributed by atoms with Crippen molar-refractivity contribution in [3.8, 4) is 0 Å². The van der Waals surface area contributed by atoms with Crippen molar-refractivity contribution in [1.29, 1.82) is 0 Å². The minimum atomic E-state index is 0.880. The van der Waals surface area contributed by atoms with Crippen LogP contribution in [0.1, 0.15) is 5.56 Å². The van der Waals surface area contributed by atoms with Crippen molar-refractivity contribution in [1.82, 2.24) is 10.3 Å². The van der Waals surface area contributed by atoms with Gasteiger partial charge in [0, 0.05) is 19.3 Å². The average Bonchev–Trinajstić information content (AvgIpc) is 2.09. The molecule has 0 amide bonds. The van der Waals surface area contributed by atoms with Gasteiger partial charge in [-0.15, -0.1) is 0 Å². The molecule has 1 aromatic heterocycles. The van der Waals surface area contributed by atoms with Crippen LogP contribution in [-0.4, -0.2) is 25.1 Å². The minimum Gasteiger partial charge on any atom is -0.368 e. The van der Waals surface area contributed by atoms with Crippen molar-refractivity contribution in [2.45, 2.75) is 6.92 Å². The second-order valence-corrected chi connectivity index (χ2v) is 3.73. The van der Waals surface area contributed by atoms with Gasteiger partial charge in [-0.3, -0.25) is 0 Å². The van der Waals surface area contributed by atoms with Gasteiger partial charge in [0.15, 0.2) is 0 Å². The lowest BCUT2D eigenvalue weighted by Crippen LogP contribution is -2.18. The summed E-state index contributed by atoms with van der Waals surface area (Å²) in [6.45, 7) is 3.84. The largest absolute Gasteiger partial charge is 0.368 e. The van der Waals surface area contributed by atoms with Crippen molar-refractivity contribution >= 4 is 21.7 Å². The van der Waals surface area contributed by atoms with Crippen LogP contribution in [0.15, 0.2) is 16.7 Å². The topological polar surface area (TPSA) is 37.0 Å². The Hall–Kier alpha value is -0.610. The van der Waals surface area contributed by atoms with Gasteiger partial charge in [0.25, 0.3) is 0 Å². The number of likely N-dealkylation sites (N-methyl/N-ethyl adjacent to an activating group) is 1. The van der Waals surface area contributed by atoms with Crippen molar-refractivity contribution in [3.63, 3.8) is 0 Å². The normalized spacial score (nSPS) is 10.1. The second-order valence-electron chi connectivity index (χ2n) is 2.87. The molecule has 0 aliphatic rings. The van der Waals surface area contributed by atoms with E-state index < -0.39 is 0 Å². The van der Waals surface area contributed by atoms with E-state index in [4.69, 9.17) is 0 Å².